The van der Waals surface area contributed by atoms with Crippen molar-refractivity contribution in [3.63, 3.8) is 0 Å². The maximum atomic E-state index is 11.5. The lowest BCUT2D eigenvalue weighted by atomic mass is 9.97. The van der Waals surface area contributed by atoms with Crippen LogP contribution in [0.25, 0.3) is 17.3 Å². The molecule has 0 radical (unpaired) electrons. The summed E-state index contributed by atoms with van der Waals surface area (Å²) in [5.74, 6) is -0.183. The number of hydrogen-bond donors (Lipinski definition) is 1. The Hall–Kier alpha value is -2.40. The molecular weight excluding hydrogens is 324 g/mol. The minimum atomic E-state index is -0.172. The predicted octanol–water partition coefficient (Wildman–Crippen LogP) is 3.17. The fourth-order valence-corrected chi connectivity index (χ4v) is 3.55. The van der Waals surface area contributed by atoms with E-state index in [1.54, 1.807) is 0 Å². The number of aromatic nitrogens is 2. The van der Waals surface area contributed by atoms with Crippen molar-refractivity contribution in [3.05, 3.63) is 47.9 Å². The van der Waals surface area contributed by atoms with E-state index in [0.29, 0.717) is 0 Å². The van der Waals surface area contributed by atoms with E-state index in [0.717, 1.165) is 56.0 Å². The molecule has 1 fully saturated rings. The van der Waals surface area contributed by atoms with Gasteiger partial charge in [-0.05, 0) is 39.3 Å². The normalized spacial score (nSPS) is 17.8. The number of nitrogens with zero attached hydrogens (tertiary/aromatic N) is 3. The number of amides is 1. The number of nitrogens with two attached hydrogens (primary N) is 1. The van der Waals surface area contributed by atoms with Crippen LogP contribution < -0.4 is 5.73 Å². The van der Waals surface area contributed by atoms with E-state index in [1.807, 2.05) is 24.5 Å². The van der Waals surface area contributed by atoms with Gasteiger partial charge in [-0.3, -0.25) is 4.79 Å². The summed E-state index contributed by atoms with van der Waals surface area (Å²) in [6, 6.07) is 10.3. The molecule has 0 spiro atoms. The van der Waals surface area contributed by atoms with Crippen LogP contribution in [0, 0.1) is 5.92 Å². The van der Waals surface area contributed by atoms with Crippen LogP contribution in [-0.4, -0.2) is 40.0 Å². The van der Waals surface area contributed by atoms with Crippen LogP contribution in [0.15, 0.2) is 42.2 Å². The zero-order valence-corrected chi connectivity index (χ0v) is 15.7. The smallest absolute Gasteiger partial charge is 0.221 e. The SMILES string of the molecule is CC(C)=Cc1c(-c2ccccc2)ncn1CCN1CCCC(C(N)=O)C1. The number of piperidine rings is 1. The second kappa shape index (κ2) is 8.32. The highest BCUT2D eigenvalue weighted by Crippen LogP contribution is 2.24. The Morgan fingerprint density at radius 3 is 2.73 bits per heavy atom. The van der Waals surface area contributed by atoms with Gasteiger partial charge in [-0.15, -0.1) is 0 Å². The second-order valence-electron chi connectivity index (χ2n) is 7.30. The van der Waals surface area contributed by atoms with Crippen molar-refractivity contribution in [2.24, 2.45) is 11.7 Å². The summed E-state index contributed by atoms with van der Waals surface area (Å²) >= 11 is 0. The highest BCUT2D eigenvalue weighted by molar-refractivity contribution is 5.77. The van der Waals surface area contributed by atoms with Crippen LogP contribution in [0.2, 0.25) is 0 Å². The van der Waals surface area contributed by atoms with Gasteiger partial charge in [0.2, 0.25) is 5.91 Å². The predicted molar refractivity (Wildman–Crippen MR) is 105 cm³/mol. The number of primary amides is 1. The van der Waals surface area contributed by atoms with Gasteiger partial charge in [-0.2, -0.15) is 0 Å². The molecule has 138 valence electrons. The molecular formula is C21H28N4O. The van der Waals surface area contributed by atoms with Gasteiger partial charge in [-0.1, -0.05) is 35.9 Å². The van der Waals surface area contributed by atoms with Crippen molar-refractivity contribution in [1.82, 2.24) is 14.5 Å². The number of likely N-dealkylation sites (tertiary alicyclic amines) is 1. The topological polar surface area (TPSA) is 64.2 Å². The summed E-state index contributed by atoms with van der Waals surface area (Å²) in [6.07, 6.45) is 6.07. The average molecular weight is 352 g/mol. The lowest BCUT2D eigenvalue weighted by molar-refractivity contribution is -0.123. The molecule has 1 unspecified atom stereocenters. The minimum Gasteiger partial charge on any atom is -0.369 e. The Morgan fingerprint density at radius 2 is 2.04 bits per heavy atom. The van der Waals surface area contributed by atoms with Crippen molar-refractivity contribution in [2.75, 3.05) is 19.6 Å². The van der Waals surface area contributed by atoms with E-state index in [9.17, 15) is 4.79 Å². The van der Waals surface area contributed by atoms with Crippen LogP contribution in [0.1, 0.15) is 32.4 Å². The number of benzene rings is 1. The number of carbonyl (C=O) groups excluding carboxylic acids is 1. The first-order valence-corrected chi connectivity index (χ1v) is 9.31. The third-order valence-electron chi connectivity index (χ3n) is 4.92. The molecule has 5 heteroatoms. The molecule has 2 heterocycles. The Labute approximate surface area is 155 Å². The Bertz CT molecular complexity index is 775. The second-order valence-corrected chi connectivity index (χ2v) is 7.30. The number of hydrogen-bond acceptors (Lipinski definition) is 3. The number of carbonyl (C=O) groups is 1. The van der Waals surface area contributed by atoms with Crippen LogP contribution in [0.3, 0.4) is 0 Å². The monoisotopic (exact) mass is 352 g/mol. The number of allylic oxidation sites excluding steroid dienone is 1. The summed E-state index contributed by atoms with van der Waals surface area (Å²) in [7, 11) is 0. The summed E-state index contributed by atoms with van der Waals surface area (Å²) < 4.78 is 2.21. The Morgan fingerprint density at radius 1 is 1.27 bits per heavy atom. The molecule has 1 aromatic heterocycles. The van der Waals surface area contributed by atoms with Crippen molar-refractivity contribution in [2.45, 2.75) is 33.2 Å². The lowest BCUT2D eigenvalue weighted by Gasteiger charge is -2.31. The number of rotatable bonds is 6. The first-order valence-electron chi connectivity index (χ1n) is 9.31. The van der Waals surface area contributed by atoms with Gasteiger partial charge < -0.3 is 15.2 Å². The van der Waals surface area contributed by atoms with Crippen molar-refractivity contribution >= 4 is 12.0 Å². The molecule has 1 amide bonds. The molecule has 0 bridgehead atoms. The molecule has 1 saturated heterocycles. The molecule has 1 aromatic carbocycles. The van der Waals surface area contributed by atoms with E-state index < -0.39 is 0 Å². The quantitative estimate of drug-likeness (QED) is 0.868. The summed E-state index contributed by atoms with van der Waals surface area (Å²) in [4.78, 5) is 18.5. The summed E-state index contributed by atoms with van der Waals surface area (Å²) in [5, 5.41) is 0. The van der Waals surface area contributed by atoms with E-state index in [-0.39, 0.29) is 11.8 Å². The van der Waals surface area contributed by atoms with Crippen LogP contribution >= 0.6 is 0 Å². The summed E-state index contributed by atoms with van der Waals surface area (Å²) in [5.41, 5.74) is 10.0. The fourth-order valence-electron chi connectivity index (χ4n) is 3.55. The van der Waals surface area contributed by atoms with Gasteiger partial charge in [0.15, 0.2) is 0 Å². The fraction of sp³-hybridized carbons (Fsp3) is 0.429. The van der Waals surface area contributed by atoms with Crippen molar-refractivity contribution in [1.29, 1.82) is 0 Å². The number of imidazole rings is 1. The van der Waals surface area contributed by atoms with E-state index in [1.165, 1.54) is 5.57 Å². The molecule has 1 aliphatic heterocycles. The van der Waals surface area contributed by atoms with Gasteiger partial charge in [-0.25, -0.2) is 4.98 Å². The van der Waals surface area contributed by atoms with Gasteiger partial charge in [0.25, 0.3) is 0 Å². The van der Waals surface area contributed by atoms with Crippen LogP contribution in [0.4, 0.5) is 0 Å². The molecule has 1 aliphatic rings. The molecule has 1 atom stereocenters. The molecule has 2 N–H and O–H groups in total. The maximum absolute atomic E-state index is 11.5. The lowest BCUT2D eigenvalue weighted by Crippen LogP contribution is -2.42. The van der Waals surface area contributed by atoms with E-state index >= 15 is 0 Å². The minimum absolute atomic E-state index is 0.0105. The highest BCUT2D eigenvalue weighted by Gasteiger charge is 2.23. The van der Waals surface area contributed by atoms with Crippen molar-refractivity contribution in [3.8, 4) is 11.3 Å². The van der Waals surface area contributed by atoms with Crippen molar-refractivity contribution < 1.29 is 4.79 Å². The van der Waals surface area contributed by atoms with Gasteiger partial charge >= 0.3 is 0 Å². The van der Waals surface area contributed by atoms with Crippen LogP contribution in [0.5, 0.6) is 0 Å². The summed E-state index contributed by atoms with van der Waals surface area (Å²) in [6.45, 7) is 7.76. The first-order chi connectivity index (χ1) is 12.5. The van der Waals surface area contributed by atoms with Crippen LogP contribution in [-0.2, 0) is 11.3 Å². The largest absolute Gasteiger partial charge is 0.369 e. The molecule has 0 aliphatic carbocycles. The molecule has 5 nitrogen and oxygen atoms in total. The van der Waals surface area contributed by atoms with Gasteiger partial charge in [0.1, 0.15) is 0 Å². The zero-order valence-electron chi connectivity index (χ0n) is 15.7. The van der Waals surface area contributed by atoms with Gasteiger partial charge in [0, 0.05) is 25.2 Å². The third-order valence-corrected chi connectivity index (χ3v) is 4.92. The zero-order chi connectivity index (χ0) is 18.5. The third kappa shape index (κ3) is 4.41. The molecule has 0 saturated carbocycles. The molecule has 26 heavy (non-hydrogen) atoms. The Kier molecular flexibility index (Phi) is 5.89. The highest BCUT2D eigenvalue weighted by atomic mass is 16.1. The standard InChI is InChI=1S/C21H28N4O/c1-16(2)13-19-20(17-7-4-3-5-8-17)23-15-25(19)12-11-24-10-6-9-18(14-24)21(22)26/h3-5,7-8,13,15,18H,6,9-12,14H2,1-2H3,(H2,22,26). The first kappa shape index (κ1) is 18.4. The average Bonchev–Trinajstić information content (AvgIpc) is 3.03. The van der Waals surface area contributed by atoms with E-state index in [4.69, 9.17) is 5.73 Å². The Balaban J connectivity index is 1.77. The van der Waals surface area contributed by atoms with E-state index in [2.05, 4.69) is 46.5 Å². The maximum Gasteiger partial charge on any atom is 0.221 e. The molecule has 2 aromatic rings. The molecule has 3 rings (SSSR count). The van der Waals surface area contributed by atoms with Gasteiger partial charge in [0.05, 0.1) is 23.6 Å².